The molecule has 4 rings (SSSR count). The highest BCUT2D eigenvalue weighted by Crippen LogP contribution is 2.31. The lowest BCUT2D eigenvalue weighted by molar-refractivity contribution is 0.0784. The highest BCUT2D eigenvalue weighted by atomic mass is 32.2. The third-order valence-electron chi connectivity index (χ3n) is 5.82. The lowest BCUT2D eigenvalue weighted by Gasteiger charge is -2.32. The zero-order chi connectivity index (χ0) is 22.0. The number of nitrogens with zero attached hydrogens (tertiary/aromatic N) is 2. The molecule has 2 aliphatic rings. The highest BCUT2D eigenvalue weighted by molar-refractivity contribution is 7.89. The monoisotopic (exact) mass is 444 g/mol. The molecule has 2 aromatic rings. The van der Waals surface area contributed by atoms with Crippen molar-refractivity contribution in [3.63, 3.8) is 0 Å². The van der Waals surface area contributed by atoms with Gasteiger partial charge in [-0.1, -0.05) is 12.5 Å². The summed E-state index contributed by atoms with van der Waals surface area (Å²) >= 11 is 0. The van der Waals surface area contributed by atoms with E-state index in [-0.39, 0.29) is 16.8 Å². The van der Waals surface area contributed by atoms with Crippen molar-refractivity contribution in [1.82, 2.24) is 9.21 Å². The summed E-state index contributed by atoms with van der Waals surface area (Å²) in [5.41, 5.74) is 1.38. The first-order valence-corrected chi connectivity index (χ1v) is 12.1. The molecule has 1 fully saturated rings. The van der Waals surface area contributed by atoms with Crippen LogP contribution in [-0.2, 0) is 16.6 Å². The standard InChI is InChI=1S/C23H28N2O5S/c1-17-5-3-4-12-25(17)31(27,28)20-9-7-19(8-10-20)23(26)24(2)16-18-6-11-21-22(15-18)30-14-13-29-21/h6-11,15,17H,3-5,12-14,16H2,1-2H3/t17-/m1/s1. The van der Waals surface area contributed by atoms with Gasteiger partial charge in [0.1, 0.15) is 13.2 Å². The van der Waals surface area contributed by atoms with Crippen LogP contribution >= 0.6 is 0 Å². The van der Waals surface area contributed by atoms with Crippen molar-refractivity contribution in [1.29, 1.82) is 0 Å². The third kappa shape index (κ3) is 4.55. The molecule has 2 heterocycles. The fourth-order valence-corrected chi connectivity index (χ4v) is 5.79. The SMILES string of the molecule is C[C@@H]1CCCCN1S(=O)(=O)c1ccc(C(=O)N(C)Cc2ccc3c(c2)OCCO3)cc1. The van der Waals surface area contributed by atoms with Crippen molar-refractivity contribution < 1.29 is 22.7 Å². The molecule has 166 valence electrons. The summed E-state index contributed by atoms with van der Waals surface area (Å²) in [5, 5.41) is 0. The van der Waals surface area contributed by atoms with Crippen LogP contribution in [0.2, 0.25) is 0 Å². The number of rotatable bonds is 5. The van der Waals surface area contributed by atoms with Crippen LogP contribution in [0.5, 0.6) is 11.5 Å². The molecule has 7 nitrogen and oxygen atoms in total. The van der Waals surface area contributed by atoms with Crippen LogP contribution in [0.1, 0.15) is 42.1 Å². The maximum Gasteiger partial charge on any atom is 0.253 e. The lowest BCUT2D eigenvalue weighted by atomic mass is 10.1. The maximum absolute atomic E-state index is 13.0. The summed E-state index contributed by atoms with van der Waals surface area (Å²) in [6, 6.07) is 11.9. The Morgan fingerprint density at radius 3 is 2.48 bits per heavy atom. The van der Waals surface area contributed by atoms with E-state index in [4.69, 9.17) is 9.47 Å². The molecule has 0 spiro atoms. The first-order valence-electron chi connectivity index (χ1n) is 10.6. The molecule has 2 aliphatic heterocycles. The number of ether oxygens (including phenoxy) is 2. The van der Waals surface area contributed by atoms with Gasteiger partial charge < -0.3 is 14.4 Å². The largest absolute Gasteiger partial charge is 0.486 e. The molecule has 31 heavy (non-hydrogen) atoms. The molecule has 0 saturated carbocycles. The Morgan fingerprint density at radius 1 is 1.06 bits per heavy atom. The molecule has 0 aromatic heterocycles. The summed E-state index contributed by atoms with van der Waals surface area (Å²) in [7, 11) is -1.83. The summed E-state index contributed by atoms with van der Waals surface area (Å²) in [4.78, 5) is 14.7. The van der Waals surface area contributed by atoms with Crippen LogP contribution in [0.3, 0.4) is 0 Å². The predicted molar refractivity (Wildman–Crippen MR) is 117 cm³/mol. The van der Waals surface area contributed by atoms with Crippen LogP contribution in [-0.4, -0.2) is 56.4 Å². The second-order valence-electron chi connectivity index (χ2n) is 8.12. The summed E-state index contributed by atoms with van der Waals surface area (Å²) in [6.45, 7) is 3.94. The minimum atomic E-state index is -3.55. The van der Waals surface area contributed by atoms with Crippen molar-refractivity contribution in [2.75, 3.05) is 26.8 Å². The van der Waals surface area contributed by atoms with E-state index in [0.717, 1.165) is 24.8 Å². The Kier molecular flexibility index (Phi) is 6.20. The zero-order valence-corrected chi connectivity index (χ0v) is 18.7. The summed E-state index contributed by atoms with van der Waals surface area (Å²) in [6.07, 6.45) is 2.81. The number of hydrogen-bond donors (Lipinski definition) is 0. The Bertz CT molecular complexity index is 1050. The predicted octanol–water partition coefficient (Wildman–Crippen LogP) is 3.29. The Morgan fingerprint density at radius 2 is 1.77 bits per heavy atom. The van der Waals surface area contributed by atoms with Gasteiger partial charge in [0.15, 0.2) is 11.5 Å². The number of carbonyl (C=O) groups excluding carboxylic acids is 1. The molecule has 0 aliphatic carbocycles. The summed E-state index contributed by atoms with van der Waals surface area (Å²) < 4.78 is 38.7. The van der Waals surface area contributed by atoms with Crippen molar-refractivity contribution in [2.45, 2.75) is 43.7 Å². The molecule has 8 heteroatoms. The topological polar surface area (TPSA) is 76.2 Å². The molecule has 0 N–H and O–H groups in total. The van der Waals surface area contributed by atoms with Gasteiger partial charge in [-0.05, 0) is 61.7 Å². The van der Waals surface area contributed by atoms with Gasteiger partial charge in [-0.2, -0.15) is 4.31 Å². The maximum atomic E-state index is 13.0. The average molecular weight is 445 g/mol. The zero-order valence-electron chi connectivity index (χ0n) is 17.9. The van der Waals surface area contributed by atoms with E-state index in [1.54, 1.807) is 28.4 Å². The molecule has 0 unspecified atom stereocenters. The molecule has 1 atom stereocenters. The summed E-state index contributed by atoms with van der Waals surface area (Å²) in [5.74, 6) is 1.22. The Labute approximate surface area is 183 Å². The number of fused-ring (bicyclic) bond motifs is 1. The van der Waals surface area contributed by atoms with Crippen LogP contribution in [0.25, 0.3) is 0 Å². The van der Waals surface area contributed by atoms with Gasteiger partial charge in [-0.15, -0.1) is 0 Å². The lowest BCUT2D eigenvalue weighted by Crippen LogP contribution is -2.41. The quantitative estimate of drug-likeness (QED) is 0.707. The third-order valence-corrected chi connectivity index (χ3v) is 7.85. The fourth-order valence-electron chi connectivity index (χ4n) is 4.09. The highest BCUT2D eigenvalue weighted by Gasteiger charge is 2.31. The van der Waals surface area contributed by atoms with Crippen molar-refractivity contribution in [3.05, 3.63) is 53.6 Å². The number of amides is 1. The van der Waals surface area contributed by atoms with Gasteiger partial charge >= 0.3 is 0 Å². The van der Waals surface area contributed by atoms with Gasteiger partial charge in [-0.3, -0.25) is 4.79 Å². The fraction of sp³-hybridized carbons (Fsp3) is 0.435. The minimum Gasteiger partial charge on any atom is -0.486 e. The molecule has 0 radical (unpaired) electrons. The van der Waals surface area contributed by atoms with Crippen molar-refractivity contribution in [3.8, 4) is 11.5 Å². The van der Waals surface area contributed by atoms with E-state index < -0.39 is 10.0 Å². The van der Waals surface area contributed by atoms with E-state index in [9.17, 15) is 13.2 Å². The number of carbonyl (C=O) groups is 1. The molecule has 2 aromatic carbocycles. The van der Waals surface area contributed by atoms with E-state index >= 15 is 0 Å². The number of benzene rings is 2. The Hall–Kier alpha value is -2.58. The average Bonchev–Trinajstić information content (AvgIpc) is 2.78. The van der Waals surface area contributed by atoms with Gasteiger partial charge in [-0.25, -0.2) is 8.42 Å². The van der Waals surface area contributed by atoms with Gasteiger partial charge in [0.25, 0.3) is 5.91 Å². The normalized spacial score (nSPS) is 19.1. The minimum absolute atomic E-state index is 0.00260. The second-order valence-corrected chi connectivity index (χ2v) is 10.0. The van der Waals surface area contributed by atoms with Crippen LogP contribution in [0, 0.1) is 0 Å². The molecular weight excluding hydrogens is 416 g/mol. The molecule has 1 amide bonds. The van der Waals surface area contributed by atoms with E-state index in [1.807, 2.05) is 25.1 Å². The first kappa shape index (κ1) is 21.6. The smallest absolute Gasteiger partial charge is 0.253 e. The first-order chi connectivity index (χ1) is 14.9. The van der Waals surface area contributed by atoms with E-state index in [1.165, 1.54) is 12.1 Å². The van der Waals surface area contributed by atoms with Crippen LogP contribution in [0.4, 0.5) is 0 Å². The second kappa shape index (κ2) is 8.88. The van der Waals surface area contributed by atoms with Gasteiger partial charge in [0.2, 0.25) is 10.0 Å². The molecule has 0 bridgehead atoms. The Balaban J connectivity index is 1.45. The van der Waals surface area contributed by atoms with E-state index in [2.05, 4.69) is 0 Å². The van der Waals surface area contributed by atoms with Crippen LogP contribution in [0.15, 0.2) is 47.4 Å². The van der Waals surface area contributed by atoms with Crippen molar-refractivity contribution in [2.24, 2.45) is 0 Å². The number of hydrogen-bond acceptors (Lipinski definition) is 5. The van der Waals surface area contributed by atoms with Crippen molar-refractivity contribution >= 4 is 15.9 Å². The van der Waals surface area contributed by atoms with Crippen LogP contribution < -0.4 is 9.47 Å². The molecule has 1 saturated heterocycles. The molecular formula is C23H28N2O5S. The van der Waals surface area contributed by atoms with E-state index in [0.29, 0.717) is 43.4 Å². The number of sulfonamides is 1. The van der Waals surface area contributed by atoms with Gasteiger partial charge in [0.05, 0.1) is 4.90 Å². The van der Waals surface area contributed by atoms with Gasteiger partial charge in [0, 0.05) is 31.7 Å². The number of piperidine rings is 1.